The summed E-state index contributed by atoms with van der Waals surface area (Å²) in [6.45, 7) is 3.45. The van der Waals surface area contributed by atoms with E-state index in [2.05, 4.69) is 9.80 Å². The van der Waals surface area contributed by atoms with Crippen molar-refractivity contribution >= 4 is 17.6 Å². The zero-order valence-corrected chi connectivity index (χ0v) is 17.8. The van der Waals surface area contributed by atoms with Crippen molar-refractivity contribution in [2.45, 2.75) is 50.6 Å². The fourth-order valence-electron chi connectivity index (χ4n) is 5.49. The van der Waals surface area contributed by atoms with Crippen molar-refractivity contribution in [1.29, 1.82) is 0 Å². The van der Waals surface area contributed by atoms with Gasteiger partial charge in [0.2, 0.25) is 5.91 Å². The Morgan fingerprint density at radius 2 is 1.77 bits per heavy atom. The van der Waals surface area contributed by atoms with Gasteiger partial charge in [0.1, 0.15) is 11.9 Å². The second kappa shape index (κ2) is 9.33. The van der Waals surface area contributed by atoms with Crippen molar-refractivity contribution in [3.8, 4) is 0 Å². The molecule has 0 spiro atoms. The van der Waals surface area contributed by atoms with E-state index in [0.717, 1.165) is 31.6 Å². The standard InChI is InChI=1S/C23H32FN3O3/c1-30-23(29)21-16-17-4-2-3-5-20(17)27(21)11-10-22(28)26-14-12-25(13-15-26)19-8-6-18(24)7-9-19/h6-9,17,20-21H,2-5,10-16H2,1H3. The van der Waals surface area contributed by atoms with E-state index in [9.17, 15) is 14.0 Å². The Labute approximate surface area is 177 Å². The lowest BCUT2D eigenvalue weighted by Crippen LogP contribution is -2.50. The number of hydrogen-bond acceptors (Lipinski definition) is 5. The number of likely N-dealkylation sites (tertiary alicyclic amines) is 1. The van der Waals surface area contributed by atoms with E-state index < -0.39 is 0 Å². The first-order valence-corrected chi connectivity index (χ1v) is 11.2. The number of amides is 1. The number of esters is 1. The molecule has 2 saturated heterocycles. The molecule has 0 N–H and O–H groups in total. The molecule has 164 valence electrons. The highest BCUT2D eigenvalue weighted by Gasteiger charge is 2.45. The van der Waals surface area contributed by atoms with Crippen LogP contribution in [0, 0.1) is 11.7 Å². The predicted molar refractivity (Wildman–Crippen MR) is 113 cm³/mol. The number of nitrogens with zero attached hydrogens (tertiary/aromatic N) is 3. The largest absolute Gasteiger partial charge is 0.468 e. The highest BCUT2D eigenvalue weighted by Crippen LogP contribution is 2.40. The molecule has 4 rings (SSSR count). The van der Waals surface area contributed by atoms with Crippen molar-refractivity contribution in [3.63, 3.8) is 0 Å². The molecule has 1 aromatic rings. The summed E-state index contributed by atoms with van der Waals surface area (Å²) in [6, 6.07) is 6.72. The summed E-state index contributed by atoms with van der Waals surface area (Å²) in [5.74, 6) is 0.304. The molecule has 1 aromatic carbocycles. The zero-order chi connectivity index (χ0) is 21.1. The molecule has 0 bridgehead atoms. The third-order valence-electron chi connectivity index (χ3n) is 7.10. The van der Waals surface area contributed by atoms with Crippen molar-refractivity contribution in [2.24, 2.45) is 5.92 Å². The van der Waals surface area contributed by atoms with E-state index in [-0.39, 0.29) is 23.7 Å². The van der Waals surface area contributed by atoms with Crippen molar-refractivity contribution < 1.29 is 18.7 Å². The molecule has 0 radical (unpaired) electrons. The summed E-state index contributed by atoms with van der Waals surface area (Å²) in [5.41, 5.74) is 0.991. The molecule has 7 heteroatoms. The number of methoxy groups -OCH3 is 1. The van der Waals surface area contributed by atoms with Crippen molar-refractivity contribution in [1.82, 2.24) is 9.80 Å². The third kappa shape index (κ3) is 4.46. The van der Waals surface area contributed by atoms with Crippen LogP contribution in [0.25, 0.3) is 0 Å². The van der Waals surface area contributed by atoms with E-state index >= 15 is 0 Å². The van der Waals surface area contributed by atoms with Crippen LogP contribution in [0.15, 0.2) is 24.3 Å². The van der Waals surface area contributed by atoms with E-state index in [1.165, 1.54) is 38.5 Å². The lowest BCUT2D eigenvalue weighted by molar-refractivity contribution is -0.147. The average Bonchev–Trinajstić information content (AvgIpc) is 3.16. The number of halogens is 1. The fourth-order valence-corrected chi connectivity index (χ4v) is 5.49. The Bertz CT molecular complexity index is 749. The third-order valence-corrected chi connectivity index (χ3v) is 7.10. The number of hydrogen-bond donors (Lipinski definition) is 0. The Morgan fingerprint density at radius 1 is 1.07 bits per heavy atom. The monoisotopic (exact) mass is 417 g/mol. The highest BCUT2D eigenvalue weighted by atomic mass is 19.1. The van der Waals surface area contributed by atoms with Crippen LogP contribution in [0.1, 0.15) is 38.5 Å². The first kappa shape index (κ1) is 21.1. The molecule has 3 aliphatic rings. The van der Waals surface area contributed by atoms with Gasteiger partial charge in [-0.1, -0.05) is 12.8 Å². The summed E-state index contributed by atoms with van der Waals surface area (Å²) in [6.07, 6.45) is 6.02. The molecule has 1 saturated carbocycles. The van der Waals surface area contributed by atoms with Gasteiger partial charge in [-0.05, 0) is 49.4 Å². The number of rotatable bonds is 5. The van der Waals surface area contributed by atoms with Gasteiger partial charge in [0.25, 0.3) is 0 Å². The minimum absolute atomic E-state index is 0.150. The first-order chi connectivity index (χ1) is 14.6. The molecule has 0 aromatic heterocycles. The topological polar surface area (TPSA) is 53.1 Å². The molecule has 6 nitrogen and oxygen atoms in total. The molecule has 1 amide bonds. The lowest BCUT2D eigenvalue weighted by atomic mass is 9.85. The quantitative estimate of drug-likeness (QED) is 0.690. The van der Waals surface area contributed by atoms with Gasteiger partial charge in [-0.2, -0.15) is 0 Å². The maximum atomic E-state index is 13.1. The number of anilines is 1. The smallest absolute Gasteiger partial charge is 0.323 e. The molecular weight excluding hydrogens is 385 g/mol. The van der Waals surface area contributed by atoms with Gasteiger partial charge in [-0.3, -0.25) is 14.5 Å². The summed E-state index contributed by atoms with van der Waals surface area (Å²) in [5, 5.41) is 0. The predicted octanol–water partition coefficient (Wildman–Crippen LogP) is 2.67. The zero-order valence-electron chi connectivity index (χ0n) is 17.8. The SMILES string of the molecule is COC(=O)C1CC2CCCCC2N1CCC(=O)N1CCN(c2ccc(F)cc2)CC1. The Hall–Kier alpha value is -2.15. The van der Waals surface area contributed by atoms with E-state index in [1.807, 2.05) is 4.90 Å². The molecule has 2 aliphatic heterocycles. The molecule has 2 heterocycles. The van der Waals surface area contributed by atoms with Crippen LogP contribution < -0.4 is 4.90 Å². The maximum absolute atomic E-state index is 13.1. The molecule has 30 heavy (non-hydrogen) atoms. The van der Waals surface area contributed by atoms with Crippen molar-refractivity contribution in [3.05, 3.63) is 30.1 Å². The van der Waals surface area contributed by atoms with Gasteiger partial charge < -0.3 is 14.5 Å². The molecule has 3 fully saturated rings. The van der Waals surface area contributed by atoms with Gasteiger partial charge in [-0.25, -0.2) is 4.39 Å². The summed E-state index contributed by atoms with van der Waals surface area (Å²) in [4.78, 5) is 31.5. The van der Waals surface area contributed by atoms with E-state index in [1.54, 1.807) is 12.1 Å². The number of benzene rings is 1. The number of piperazine rings is 1. The minimum Gasteiger partial charge on any atom is -0.468 e. The van der Waals surface area contributed by atoms with Crippen LogP contribution in [0.3, 0.4) is 0 Å². The van der Waals surface area contributed by atoms with Gasteiger partial charge >= 0.3 is 5.97 Å². The average molecular weight is 418 g/mol. The Balaban J connectivity index is 1.30. The van der Waals surface area contributed by atoms with E-state index in [0.29, 0.717) is 38.0 Å². The molecule has 1 aliphatic carbocycles. The summed E-state index contributed by atoms with van der Waals surface area (Å²) in [7, 11) is 1.45. The van der Waals surface area contributed by atoms with Gasteiger partial charge in [0.05, 0.1) is 7.11 Å². The summed E-state index contributed by atoms with van der Waals surface area (Å²) >= 11 is 0. The van der Waals surface area contributed by atoms with Crippen LogP contribution in [-0.4, -0.2) is 73.6 Å². The van der Waals surface area contributed by atoms with Crippen LogP contribution >= 0.6 is 0 Å². The number of carbonyl (C=O) groups excluding carboxylic acids is 2. The molecular formula is C23H32FN3O3. The van der Waals surface area contributed by atoms with Crippen LogP contribution in [-0.2, 0) is 14.3 Å². The van der Waals surface area contributed by atoms with Crippen LogP contribution in [0.2, 0.25) is 0 Å². The molecule has 3 atom stereocenters. The normalized spacial score (nSPS) is 27.1. The van der Waals surface area contributed by atoms with Gasteiger partial charge in [-0.15, -0.1) is 0 Å². The maximum Gasteiger partial charge on any atom is 0.323 e. The number of ether oxygens (including phenoxy) is 1. The number of fused-ring (bicyclic) bond motifs is 1. The summed E-state index contributed by atoms with van der Waals surface area (Å²) < 4.78 is 18.2. The minimum atomic E-state index is -0.236. The van der Waals surface area contributed by atoms with Crippen molar-refractivity contribution in [2.75, 3.05) is 44.7 Å². The van der Waals surface area contributed by atoms with E-state index in [4.69, 9.17) is 4.74 Å². The first-order valence-electron chi connectivity index (χ1n) is 11.2. The second-order valence-corrected chi connectivity index (χ2v) is 8.72. The van der Waals surface area contributed by atoms with Crippen LogP contribution in [0.5, 0.6) is 0 Å². The highest BCUT2D eigenvalue weighted by molar-refractivity contribution is 5.78. The van der Waals surface area contributed by atoms with Crippen LogP contribution in [0.4, 0.5) is 10.1 Å². The van der Waals surface area contributed by atoms with Gasteiger partial charge in [0, 0.05) is 50.9 Å². The van der Waals surface area contributed by atoms with Gasteiger partial charge in [0.15, 0.2) is 0 Å². The molecule has 3 unspecified atom stereocenters. The lowest BCUT2D eigenvalue weighted by Gasteiger charge is -2.37. The number of carbonyl (C=O) groups is 2. The fraction of sp³-hybridized carbons (Fsp3) is 0.652. The second-order valence-electron chi connectivity index (χ2n) is 8.72. The Kier molecular flexibility index (Phi) is 6.56. The Morgan fingerprint density at radius 3 is 2.47 bits per heavy atom.